The van der Waals surface area contributed by atoms with Crippen LogP contribution in [0.15, 0.2) is 12.1 Å². The van der Waals surface area contributed by atoms with Crippen LogP contribution in [-0.2, 0) is 6.42 Å². The van der Waals surface area contributed by atoms with Gasteiger partial charge in [-0.2, -0.15) is 0 Å². The van der Waals surface area contributed by atoms with Crippen LogP contribution in [0.4, 0.5) is 0 Å². The van der Waals surface area contributed by atoms with Crippen molar-refractivity contribution in [2.75, 3.05) is 6.61 Å². The van der Waals surface area contributed by atoms with Crippen molar-refractivity contribution in [2.24, 2.45) is 11.7 Å². The fraction of sp³-hybridized carbons (Fsp3) is 0.600. The summed E-state index contributed by atoms with van der Waals surface area (Å²) in [6.45, 7) is 7.23. The highest BCUT2D eigenvalue weighted by atomic mass is 16.5. The van der Waals surface area contributed by atoms with E-state index < -0.39 is 0 Å². The summed E-state index contributed by atoms with van der Waals surface area (Å²) in [6, 6.07) is 4.51. The Hall–Kier alpha value is -1.02. The monoisotopic (exact) mass is 233 g/mol. The molecule has 94 valence electrons. The first kappa shape index (κ1) is 12.4. The highest BCUT2D eigenvalue weighted by molar-refractivity contribution is 5.41. The Morgan fingerprint density at radius 1 is 1.29 bits per heavy atom. The molecule has 1 saturated carbocycles. The minimum absolute atomic E-state index is 0.214. The molecule has 17 heavy (non-hydrogen) atoms. The molecule has 0 aromatic heterocycles. The molecule has 1 aromatic rings. The topological polar surface area (TPSA) is 35.2 Å². The van der Waals surface area contributed by atoms with Crippen LogP contribution >= 0.6 is 0 Å². The fourth-order valence-corrected chi connectivity index (χ4v) is 2.18. The van der Waals surface area contributed by atoms with E-state index in [1.54, 1.807) is 0 Å². The van der Waals surface area contributed by atoms with Crippen molar-refractivity contribution in [2.45, 2.75) is 46.1 Å². The van der Waals surface area contributed by atoms with Crippen LogP contribution in [0.1, 0.15) is 36.5 Å². The summed E-state index contributed by atoms with van der Waals surface area (Å²) >= 11 is 0. The van der Waals surface area contributed by atoms with Gasteiger partial charge in [0.25, 0.3) is 0 Å². The predicted octanol–water partition coefficient (Wildman–Crippen LogP) is 2.98. The molecule has 0 heterocycles. The van der Waals surface area contributed by atoms with Crippen LogP contribution in [-0.4, -0.2) is 12.6 Å². The third-order valence-corrected chi connectivity index (χ3v) is 3.38. The summed E-state index contributed by atoms with van der Waals surface area (Å²) < 4.78 is 5.82. The first-order chi connectivity index (χ1) is 8.06. The second-order valence-electron chi connectivity index (χ2n) is 5.47. The van der Waals surface area contributed by atoms with E-state index in [1.807, 2.05) is 0 Å². The summed E-state index contributed by atoms with van der Waals surface area (Å²) in [6.07, 6.45) is 3.61. The molecule has 1 aliphatic rings. The summed E-state index contributed by atoms with van der Waals surface area (Å²) in [7, 11) is 0. The Balaban J connectivity index is 2.09. The first-order valence-electron chi connectivity index (χ1n) is 6.54. The zero-order valence-corrected chi connectivity index (χ0v) is 11.1. The molecular weight excluding hydrogens is 210 g/mol. The van der Waals surface area contributed by atoms with Crippen LogP contribution in [0.5, 0.6) is 5.75 Å². The zero-order chi connectivity index (χ0) is 12.4. The Morgan fingerprint density at radius 2 is 1.88 bits per heavy atom. The Labute approximate surface area is 104 Å². The molecule has 1 aromatic carbocycles. The number of hydrogen-bond donors (Lipinski definition) is 1. The summed E-state index contributed by atoms with van der Waals surface area (Å²) in [5.74, 6) is 1.82. The molecule has 2 heteroatoms. The van der Waals surface area contributed by atoms with Gasteiger partial charge in [0.15, 0.2) is 0 Å². The van der Waals surface area contributed by atoms with Crippen molar-refractivity contribution < 1.29 is 4.74 Å². The molecular formula is C15H23NO. The largest absolute Gasteiger partial charge is 0.493 e. The number of nitrogens with two attached hydrogens (primary N) is 1. The van der Waals surface area contributed by atoms with E-state index in [9.17, 15) is 0 Å². The number of rotatable bonds is 5. The van der Waals surface area contributed by atoms with Crippen LogP contribution in [0.2, 0.25) is 0 Å². The van der Waals surface area contributed by atoms with Crippen molar-refractivity contribution in [1.29, 1.82) is 0 Å². The van der Waals surface area contributed by atoms with Gasteiger partial charge in [0.05, 0.1) is 6.61 Å². The Bertz CT molecular complexity index is 371. The molecule has 2 rings (SSSR count). The first-order valence-corrected chi connectivity index (χ1v) is 6.54. The molecule has 1 atom stereocenters. The van der Waals surface area contributed by atoms with E-state index in [-0.39, 0.29) is 6.04 Å². The molecule has 1 fully saturated rings. The van der Waals surface area contributed by atoms with Gasteiger partial charge in [0.2, 0.25) is 0 Å². The van der Waals surface area contributed by atoms with Gasteiger partial charge in [-0.05, 0) is 74.8 Å². The molecule has 0 aliphatic heterocycles. The third kappa shape index (κ3) is 3.47. The van der Waals surface area contributed by atoms with Gasteiger partial charge in [0.1, 0.15) is 5.75 Å². The van der Waals surface area contributed by atoms with Crippen LogP contribution in [0.3, 0.4) is 0 Å². The van der Waals surface area contributed by atoms with Crippen molar-refractivity contribution in [3.8, 4) is 5.75 Å². The lowest BCUT2D eigenvalue weighted by Gasteiger charge is -2.15. The molecule has 0 saturated heterocycles. The van der Waals surface area contributed by atoms with Crippen molar-refractivity contribution in [1.82, 2.24) is 0 Å². The van der Waals surface area contributed by atoms with Gasteiger partial charge < -0.3 is 10.5 Å². The quantitative estimate of drug-likeness (QED) is 0.848. The highest BCUT2D eigenvalue weighted by Gasteiger charge is 2.22. The maximum absolute atomic E-state index is 5.88. The lowest BCUT2D eigenvalue weighted by Crippen LogP contribution is -2.19. The minimum atomic E-state index is 0.214. The number of hydrogen-bond acceptors (Lipinski definition) is 2. The highest BCUT2D eigenvalue weighted by Crippen LogP contribution is 2.30. The maximum atomic E-state index is 5.88. The normalized spacial score (nSPS) is 16.9. The van der Waals surface area contributed by atoms with E-state index in [4.69, 9.17) is 10.5 Å². The Morgan fingerprint density at radius 3 is 2.35 bits per heavy atom. The number of ether oxygens (including phenoxy) is 1. The number of aryl methyl sites for hydroxylation is 2. The van der Waals surface area contributed by atoms with Crippen LogP contribution in [0, 0.1) is 19.8 Å². The molecule has 0 amide bonds. The standard InChI is InChI=1S/C15H23NO/c1-10-6-14(17-9-13-4-5-13)7-11(2)15(10)8-12(3)16/h6-7,12-13H,4-5,8-9,16H2,1-3H3. The lowest BCUT2D eigenvalue weighted by molar-refractivity contribution is 0.299. The van der Waals surface area contributed by atoms with Crippen molar-refractivity contribution in [3.63, 3.8) is 0 Å². The van der Waals surface area contributed by atoms with Crippen molar-refractivity contribution >= 4 is 0 Å². The summed E-state index contributed by atoms with van der Waals surface area (Å²) in [4.78, 5) is 0. The third-order valence-electron chi connectivity index (χ3n) is 3.38. The van der Waals surface area contributed by atoms with Gasteiger partial charge in [0, 0.05) is 6.04 Å². The fourth-order valence-electron chi connectivity index (χ4n) is 2.18. The molecule has 2 nitrogen and oxygen atoms in total. The van der Waals surface area contributed by atoms with Gasteiger partial charge in [-0.1, -0.05) is 0 Å². The van der Waals surface area contributed by atoms with Crippen LogP contribution < -0.4 is 10.5 Å². The molecule has 1 aliphatic carbocycles. The average Bonchev–Trinajstić information content (AvgIpc) is 3.04. The second-order valence-corrected chi connectivity index (χ2v) is 5.47. The zero-order valence-electron chi connectivity index (χ0n) is 11.1. The van der Waals surface area contributed by atoms with E-state index in [0.717, 1.165) is 24.7 Å². The molecule has 0 spiro atoms. The average molecular weight is 233 g/mol. The Kier molecular flexibility index (Phi) is 3.72. The van der Waals surface area contributed by atoms with Gasteiger partial charge >= 0.3 is 0 Å². The van der Waals surface area contributed by atoms with E-state index >= 15 is 0 Å². The predicted molar refractivity (Wildman–Crippen MR) is 71.5 cm³/mol. The van der Waals surface area contributed by atoms with Gasteiger partial charge in [-0.15, -0.1) is 0 Å². The SMILES string of the molecule is Cc1cc(OCC2CC2)cc(C)c1CC(C)N. The second kappa shape index (κ2) is 5.09. The lowest BCUT2D eigenvalue weighted by atomic mass is 9.97. The number of benzene rings is 1. The van der Waals surface area contributed by atoms with Crippen LogP contribution in [0.25, 0.3) is 0 Å². The molecule has 0 bridgehead atoms. The maximum Gasteiger partial charge on any atom is 0.119 e. The summed E-state index contributed by atoms with van der Waals surface area (Å²) in [5.41, 5.74) is 9.85. The minimum Gasteiger partial charge on any atom is -0.493 e. The van der Waals surface area contributed by atoms with E-state index in [2.05, 4.69) is 32.9 Å². The van der Waals surface area contributed by atoms with Gasteiger partial charge in [-0.25, -0.2) is 0 Å². The van der Waals surface area contributed by atoms with E-state index in [1.165, 1.54) is 29.5 Å². The van der Waals surface area contributed by atoms with Crippen molar-refractivity contribution in [3.05, 3.63) is 28.8 Å². The van der Waals surface area contributed by atoms with E-state index in [0.29, 0.717) is 0 Å². The molecule has 2 N–H and O–H groups in total. The molecule has 1 unspecified atom stereocenters. The molecule has 0 radical (unpaired) electrons. The van der Waals surface area contributed by atoms with Gasteiger partial charge in [-0.3, -0.25) is 0 Å². The smallest absolute Gasteiger partial charge is 0.119 e. The summed E-state index contributed by atoms with van der Waals surface area (Å²) in [5, 5.41) is 0.